The molecule has 0 atom stereocenters. The van der Waals surface area contributed by atoms with Crippen molar-refractivity contribution in [2.45, 2.75) is 25.7 Å². The number of piperazine rings is 1. The second-order valence-corrected chi connectivity index (χ2v) is 6.62. The number of benzene rings is 1. The maximum Gasteiger partial charge on any atom is 0.223 e. The number of rotatable bonds is 4. The van der Waals surface area contributed by atoms with E-state index in [4.69, 9.17) is 0 Å². The van der Waals surface area contributed by atoms with Gasteiger partial charge in [-0.2, -0.15) is 0 Å². The molecule has 2 aliphatic heterocycles. The number of hydrogen-bond donors (Lipinski definition) is 0. The Morgan fingerprint density at radius 1 is 0.958 bits per heavy atom. The predicted molar refractivity (Wildman–Crippen MR) is 90.1 cm³/mol. The van der Waals surface area contributed by atoms with Crippen molar-refractivity contribution in [3.05, 3.63) is 29.8 Å². The second-order valence-electron chi connectivity index (χ2n) is 6.62. The van der Waals surface area contributed by atoms with Crippen molar-refractivity contribution >= 4 is 11.6 Å². The molecule has 2 fully saturated rings. The number of carbonyl (C=O) groups is 1. The molecule has 1 amide bonds. The fraction of sp³-hybridized carbons (Fsp3) is 0.611. The molecule has 0 bridgehead atoms. The summed E-state index contributed by atoms with van der Waals surface area (Å²) in [4.78, 5) is 18.5. The Bertz CT molecular complexity index is 567. The van der Waals surface area contributed by atoms with Gasteiger partial charge >= 0.3 is 0 Å². The maximum atomic E-state index is 13.8. The molecule has 3 rings (SSSR count). The smallest absolute Gasteiger partial charge is 0.223 e. The van der Waals surface area contributed by atoms with Gasteiger partial charge in [0.1, 0.15) is 11.6 Å². The first-order valence-corrected chi connectivity index (χ1v) is 8.83. The van der Waals surface area contributed by atoms with E-state index in [2.05, 4.69) is 4.90 Å². The minimum absolute atomic E-state index is 0.180. The minimum atomic E-state index is -0.567. The molecule has 1 aromatic carbocycles. The average molecular weight is 337 g/mol. The van der Waals surface area contributed by atoms with Crippen LogP contribution in [0.5, 0.6) is 0 Å². The highest BCUT2D eigenvalue weighted by molar-refractivity contribution is 5.76. The monoisotopic (exact) mass is 337 g/mol. The van der Waals surface area contributed by atoms with Gasteiger partial charge in [0.15, 0.2) is 0 Å². The van der Waals surface area contributed by atoms with Crippen LogP contribution in [0, 0.1) is 11.6 Å². The molecule has 0 unspecified atom stereocenters. The van der Waals surface area contributed by atoms with E-state index in [0.29, 0.717) is 38.3 Å². The summed E-state index contributed by atoms with van der Waals surface area (Å²) in [7, 11) is 0. The van der Waals surface area contributed by atoms with E-state index in [1.807, 2.05) is 9.80 Å². The lowest BCUT2D eigenvalue weighted by Crippen LogP contribution is -2.49. The van der Waals surface area contributed by atoms with Crippen molar-refractivity contribution in [1.82, 2.24) is 9.80 Å². The lowest BCUT2D eigenvalue weighted by molar-refractivity contribution is -0.131. The normalized spacial score (nSPS) is 19.6. The number of nitrogens with zero attached hydrogens (tertiary/aromatic N) is 3. The van der Waals surface area contributed by atoms with Crippen molar-refractivity contribution in [3.63, 3.8) is 0 Å². The van der Waals surface area contributed by atoms with Gasteiger partial charge in [0, 0.05) is 45.2 Å². The molecule has 6 heteroatoms. The summed E-state index contributed by atoms with van der Waals surface area (Å²) in [5.74, 6) is -0.928. The van der Waals surface area contributed by atoms with Gasteiger partial charge in [0.2, 0.25) is 5.91 Å². The van der Waals surface area contributed by atoms with E-state index in [1.165, 1.54) is 31.4 Å². The molecule has 132 valence electrons. The highest BCUT2D eigenvalue weighted by Crippen LogP contribution is 2.21. The largest absolute Gasteiger partial charge is 0.366 e. The van der Waals surface area contributed by atoms with Crippen LogP contribution < -0.4 is 4.90 Å². The first kappa shape index (κ1) is 17.1. The molecule has 2 aliphatic rings. The fourth-order valence-electron chi connectivity index (χ4n) is 3.53. The minimum Gasteiger partial charge on any atom is -0.366 e. The van der Waals surface area contributed by atoms with E-state index in [1.54, 1.807) is 0 Å². The van der Waals surface area contributed by atoms with Crippen LogP contribution in [0.2, 0.25) is 0 Å². The van der Waals surface area contributed by atoms with Gasteiger partial charge in [-0.3, -0.25) is 4.79 Å². The summed E-state index contributed by atoms with van der Waals surface area (Å²) in [5, 5.41) is 0. The number of likely N-dealkylation sites (tertiary alicyclic amines) is 1. The molecule has 2 heterocycles. The van der Waals surface area contributed by atoms with E-state index in [-0.39, 0.29) is 5.91 Å². The molecule has 2 saturated heterocycles. The van der Waals surface area contributed by atoms with Gasteiger partial charge in [-0.1, -0.05) is 6.42 Å². The van der Waals surface area contributed by atoms with E-state index in [0.717, 1.165) is 25.7 Å². The van der Waals surface area contributed by atoms with E-state index < -0.39 is 11.6 Å². The molecule has 0 radical (unpaired) electrons. The predicted octanol–water partition coefficient (Wildman–Crippen LogP) is 2.49. The van der Waals surface area contributed by atoms with Crippen molar-refractivity contribution in [2.75, 3.05) is 50.7 Å². The highest BCUT2D eigenvalue weighted by Gasteiger charge is 2.23. The van der Waals surface area contributed by atoms with Crippen LogP contribution in [0.4, 0.5) is 14.5 Å². The standard InChI is InChI=1S/C18H25F2N3O/c19-15-4-5-17(16(20)14-15)22-10-12-23(13-11-22)18(24)6-9-21-7-2-1-3-8-21/h4-5,14H,1-3,6-13H2. The van der Waals surface area contributed by atoms with Gasteiger partial charge in [-0.15, -0.1) is 0 Å². The first-order chi connectivity index (χ1) is 11.6. The number of carbonyl (C=O) groups excluding carboxylic acids is 1. The molecular weight excluding hydrogens is 312 g/mol. The van der Waals surface area contributed by atoms with Gasteiger partial charge in [0.05, 0.1) is 5.69 Å². The average Bonchev–Trinajstić information content (AvgIpc) is 2.61. The number of halogens is 2. The molecular formula is C18H25F2N3O. The second kappa shape index (κ2) is 7.92. The van der Waals surface area contributed by atoms with Crippen LogP contribution in [0.15, 0.2) is 18.2 Å². The summed E-state index contributed by atoms with van der Waals surface area (Å²) < 4.78 is 26.9. The third-order valence-electron chi connectivity index (χ3n) is 4.97. The Kier molecular flexibility index (Phi) is 5.66. The summed E-state index contributed by atoms with van der Waals surface area (Å²) in [6, 6.07) is 3.65. The van der Waals surface area contributed by atoms with Gasteiger partial charge in [-0.25, -0.2) is 8.78 Å². The molecule has 0 N–H and O–H groups in total. The third-order valence-corrected chi connectivity index (χ3v) is 4.97. The van der Waals surface area contributed by atoms with Crippen LogP contribution >= 0.6 is 0 Å². The highest BCUT2D eigenvalue weighted by atomic mass is 19.1. The van der Waals surface area contributed by atoms with Gasteiger partial charge in [-0.05, 0) is 38.1 Å². The maximum absolute atomic E-state index is 13.8. The zero-order valence-electron chi connectivity index (χ0n) is 14.0. The molecule has 0 aliphatic carbocycles. The molecule has 24 heavy (non-hydrogen) atoms. The van der Waals surface area contributed by atoms with Crippen molar-refractivity contribution in [1.29, 1.82) is 0 Å². The first-order valence-electron chi connectivity index (χ1n) is 8.83. The summed E-state index contributed by atoms with van der Waals surface area (Å²) >= 11 is 0. The quantitative estimate of drug-likeness (QED) is 0.845. The lowest BCUT2D eigenvalue weighted by Gasteiger charge is -2.36. The van der Waals surface area contributed by atoms with E-state index in [9.17, 15) is 13.6 Å². The topological polar surface area (TPSA) is 26.8 Å². The lowest BCUT2D eigenvalue weighted by atomic mass is 10.1. The number of amides is 1. The molecule has 0 aromatic heterocycles. The van der Waals surface area contributed by atoms with Gasteiger partial charge < -0.3 is 14.7 Å². The molecule has 1 aromatic rings. The summed E-state index contributed by atoms with van der Waals surface area (Å²) in [6.07, 6.45) is 4.32. The van der Waals surface area contributed by atoms with Crippen LogP contribution in [0.3, 0.4) is 0 Å². The van der Waals surface area contributed by atoms with E-state index >= 15 is 0 Å². The fourth-order valence-corrected chi connectivity index (χ4v) is 3.53. The Labute approximate surface area is 142 Å². The van der Waals surface area contributed by atoms with Crippen molar-refractivity contribution in [3.8, 4) is 0 Å². The molecule has 0 spiro atoms. The van der Waals surface area contributed by atoms with Crippen LogP contribution in [0.25, 0.3) is 0 Å². The summed E-state index contributed by atoms with van der Waals surface area (Å²) in [5.41, 5.74) is 0.414. The zero-order chi connectivity index (χ0) is 16.9. The van der Waals surface area contributed by atoms with Crippen LogP contribution in [-0.4, -0.2) is 61.5 Å². The Morgan fingerprint density at radius 3 is 2.33 bits per heavy atom. The Morgan fingerprint density at radius 2 is 1.67 bits per heavy atom. The molecule has 0 saturated carbocycles. The van der Waals surface area contributed by atoms with Gasteiger partial charge in [0.25, 0.3) is 0 Å². The zero-order valence-corrected chi connectivity index (χ0v) is 14.0. The van der Waals surface area contributed by atoms with Crippen molar-refractivity contribution < 1.29 is 13.6 Å². The SMILES string of the molecule is O=C(CCN1CCCCC1)N1CCN(c2ccc(F)cc2F)CC1. The van der Waals surface area contributed by atoms with Crippen molar-refractivity contribution in [2.24, 2.45) is 0 Å². The van der Waals surface area contributed by atoms with Crippen LogP contribution in [0.1, 0.15) is 25.7 Å². The summed E-state index contributed by atoms with van der Waals surface area (Å²) in [6.45, 7) is 5.39. The third kappa shape index (κ3) is 4.23. The Hall–Kier alpha value is -1.69. The Balaban J connectivity index is 1.46. The number of hydrogen-bond acceptors (Lipinski definition) is 3. The molecule has 4 nitrogen and oxygen atoms in total. The van der Waals surface area contributed by atoms with Crippen LogP contribution in [-0.2, 0) is 4.79 Å². The number of piperidine rings is 1. The number of anilines is 1.